The van der Waals surface area contributed by atoms with Crippen LogP contribution in [-0.2, 0) is 28.7 Å². The second-order valence-electron chi connectivity index (χ2n) is 20.0. The standard InChI is InChI=1S/C25H26F2N4O3.C20H18F2N4O2.C12H13IN2O/c1-25(26,27)24(33)29-19-14-21(32)30(23(19)16-7-3-2-4-8-16)18-10-11-20-17(13-18)15-28-31(20)22-9-5-6-12-34-22;1-20(21,22)19(28)24-16-10-17(27)26(18(16)12-5-3-2-4-6-12)14-7-8-15-13(9-14)11-23-25-15;13-10-4-5-11-9(7-10)8-14-15(11)12-3-1-2-6-16-12/h2-4,7-8,10-11,13,15,19,22-23H,5-6,9,12,14H2,1H3,(H,29,33);2-9,11,16,18H,10H2,1H3,(H,23,25)(H,24,28);4-5,7-8,12H,1-3,6H2/t19-,22?,23+;16-,18+;/m00./s1. The van der Waals surface area contributed by atoms with Gasteiger partial charge in [0.15, 0.2) is 12.5 Å². The molecule has 6 atom stereocenters. The number of nitrogens with zero attached hydrogens (tertiary/aromatic N) is 7. The number of carbonyl (C=O) groups is 4. The smallest absolute Gasteiger partial charge is 0.321 e. The first-order chi connectivity index (χ1) is 37.5. The van der Waals surface area contributed by atoms with E-state index >= 15 is 0 Å². The van der Waals surface area contributed by atoms with Gasteiger partial charge >= 0.3 is 11.8 Å². The molecule has 4 saturated heterocycles. The number of aromatic amines is 1. The number of ether oxygens (including phenoxy) is 2. The number of halogens is 5. The van der Waals surface area contributed by atoms with Gasteiger partial charge in [0.2, 0.25) is 11.8 Å². The van der Waals surface area contributed by atoms with Gasteiger partial charge in [0.05, 0.1) is 59.3 Å². The number of nitrogens with one attached hydrogen (secondary N) is 3. The Kier molecular flexibility index (Phi) is 16.0. The molecule has 8 aromatic rings. The average Bonchev–Trinajstić information content (AvgIpc) is 4.40. The Morgan fingerprint density at radius 2 is 1.06 bits per heavy atom. The Hall–Kier alpha value is -7.24. The molecule has 4 amide bonds. The number of hydrogen-bond donors (Lipinski definition) is 3. The summed E-state index contributed by atoms with van der Waals surface area (Å²) in [5.41, 5.74) is 5.64. The van der Waals surface area contributed by atoms with E-state index in [0.29, 0.717) is 31.8 Å². The molecule has 0 spiro atoms. The Labute approximate surface area is 459 Å². The highest BCUT2D eigenvalue weighted by atomic mass is 127. The van der Waals surface area contributed by atoms with E-state index in [4.69, 9.17) is 9.47 Å². The van der Waals surface area contributed by atoms with Crippen molar-refractivity contribution >= 4 is 90.3 Å². The molecule has 7 heterocycles. The van der Waals surface area contributed by atoms with Crippen LogP contribution in [0.1, 0.15) is 101 Å². The van der Waals surface area contributed by atoms with Crippen LogP contribution in [0.15, 0.2) is 134 Å². The van der Waals surface area contributed by atoms with Crippen LogP contribution in [0, 0.1) is 3.57 Å². The molecule has 406 valence electrons. The average molecular weight is 1180 g/mol. The number of carbonyl (C=O) groups excluding carboxylic acids is 4. The molecule has 2 unspecified atom stereocenters. The van der Waals surface area contributed by atoms with Gasteiger partial charge in [0.1, 0.15) is 0 Å². The van der Waals surface area contributed by atoms with Crippen LogP contribution in [0.4, 0.5) is 28.9 Å². The number of rotatable bonds is 10. The van der Waals surface area contributed by atoms with Gasteiger partial charge in [-0.2, -0.15) is 32.9 Å². The summed E-state index contributed by atoms with van der Waals surface area (Å²) < 4.78 is 70.9. The van der Waals surface area contributed by atoms with Crippen molar-refractivity contribution in [3.8, 4) is 0 Å². The summed E-state index contributed by atoms with van der Waals surface area (Å²) in [7, 11) is 0. The highest BCUT2D eigenvalue weighted by Gasteiger charge is 2.47. The second-order valence-corrected chi connectivity index (χ2v) is 21.2. The molecule has 3 N–H and O–H groups in total. The van der Waals surface area contributed by atoms with E-state index in [9.17, 15) is 36.7 Å². The maximum Gasteiger partial charge on any atom is 0.321 e. The van der Waals surface area contributed by atoms with Gasteiger partial charge in [-0.3, -0.25) is 24.3 Å². The summed E-state index contributed by atoms with van der Waals surface area (Å²) in [4.78, 5) is 53.1. The van der Waals surface area contributed by atoms with Gasteiger partial charge in [-0.1, -0.05) is 60.7 Å². The summed E-state index contributed by atoms with van der Waals surface area (Å²) >= 11 is 2.32. The summed E-state index contributed by atoms with van der Waals surface area (Å²) in [6.07, 6.45) is 11.7. The molecule has 0 bridgehead atoms. The quantitative estimate of drug-likeness (QED) is 0.0887. The predicted octanol–water partition coefficient (Wildman–Crippen LogP) is 10.9. The minimum atomic E-state index is -3.54. The van der Waals surface area contributed by atoms with E-state index in [1.54, 1.807) is 34.3 Å². The first-order valence-electron chi connectivity index (χ1n) is 25.9. The minimum absolute atomic E-state index is 0.0647. The molecule has 78 heavy (non-hydrogen) atoms. The molecule has 4 aliphatic heterocycles. The summed E-state index contributed by atoms with van der Waals surface area (Å²) in [5, 5.41) is 23.4. The zero-order valence-corrected chi connectivity index (χ0v) is 44.9. The van der Waals surface area contributed by atoms with E-state index in [1.807, 2.05) is 100 Å². The van der Waals surface area contributed by atoms with Gasteiger partial charge < -0.3 is 29.9 Å². The molecule has 4 fully saturated rings. The number of benzene rings is 5. The largest absolute Gasteiger partial charge is 0.356 e. The van der Waals surface area contributed by atoms with Gasteiger partial charge in [0.25, 0.3) is 11.8 Å². The molecule has 3 aromatic heterocycles. The van der Waals surface area contributed by atoms with Gasteiger partial charge in [-0.05, 0) is 127 Å². The van der Waals surface area contributed by atoms with Crippen LogP contribution < -0.4 is 20.4 Å². The highest BCUT2D eigenvalue weighted by Crippen LogP contribution is 2.41. The van der Waals surface area contributed by atoms with Crippen molar-refractivity contribution in [1.29, 1.82) is 0 Å². The Morgan fingerprint density at radius 1 is 0.603 bits per heavy atom. The zero-order valence-electron chi connectivity index (χ0n) is 42.7. The van der Waals surface area contributed by atoms with E-state index in [1.165, 1.54) is 27.3 Å². The lowest BCUT2D eigenvalue weighted by Crippen LogP contribution is -2.46. The maximum absolute atomic E-state index is 13.6. The molecule has 5 aromatic carbocycles. The van der Waals surface area contributed by atoms with E-state index < -0.39 is 47.8 Å². The monoisotopic (exact) mass is 1180 g/mol. The number of aromatic nitrogens is 6. The number of anilines is 2. The molecule has 0 aliphatic carbocycles. The third kappa shape index (κ3) is 11.8. The molecule has 12 rings (SSSR count). The Balaban J connectivity index is 0.000000140. The molecule has 0 saturated carbocycles. The third-order valence-electron chi connectivity index (χ3n) is 14.3. The lowest BCUT2D eigenvalue weighted by molar-refractivity contribution is -0.144. The SMILES string of the molecule is CC(F)(F)C(=O)N[C@H]1CC(=O)N(c2ccc3[nH]ncc3c2)[C@@H]1c1ccccc1.CC(F)(F)C(=O)N[C@H]1CC(=O)N(c2ccc3c(cnn3C3CCCCO3)c2)[C@@H]1c1ccccc1.Ic1ccc2c(cnn2C2CCCCO2)c1. The summed E-state index contributed by atoms with van der Waals surface area (Å²) in [6, 6.07) is 32.8. The number of alkyl halides is 4. The fourth-order valence-electron chi connectivity index (χ4n) is 10.6. The lowest BCUT2D eigenvalue weighted by Gasteiger charge is -2.30. The Bertz CT molecular complexity index is 3430. The van der Waals surface area contributed by atoms with Gasteiger partial charge in [0, 0.05) is 71.0 Å². The maximum atomic E-state index is 13.6. The van der Waals surface area contributed by atoms with Crippen LogP contribution in [0.3, 0.4) is 0 Å². The van der Waals surface area contributed by atoms with Crippen LogP contribution >= 0.6 is 22.6 Å². The van der Waals surface area contributed by atoms with Crippen LogP contribution in [0.2, 0.25) is 0 Å². The van der Waals surface area contributed by atoms with Crippen molar-refractivity contribution in [3.05, 3.63) is 149 Å². The number of fused-ring (bicyclic) bond motifs is 3. The Morgan fingerprint density at radius 3 is 1.54 bits per heavy atom. The summed E-state index contributed by atoms with van der Waals surface area (Å²) in [6.45, 7) is 2.66. The molecular formula is C57H57F4IN10O6. The minimum Gasteiger partial charge on any atom is -0.356 e. The lowest BCUT2D eigenvalue weighted by atomic mass is 9.99. The van der Waals surface area contributed by atoms with Crippen LogP contribution in [-0.4, -0.2) is 90.5 Å². The van der Waals surface area contributed by atoms with Crippen LogP contribution in [0.25, 0.3) is 32.7 Å². The highest BCUT2D eigenvalue weighted by molar-refractivity contribution is 14.1. The van der Waals surface area contributed by atoms with Crippen LogP contribution in [0.5, 0.6) is 0 Å². The molecule has 16 nitrogen and oxygen atoms in total. The van der Waals surface area contributed by atoms with Crippen molar-refractivity contribution in [1.82, 2.24) is 40.4 Å². The topological polar surface area (TPSA) is 182 Å². The third-order valence-corrected chi connectivity index (χ3v) is 15.0. The van der Waals surface area contributed by atoms with Gasteiger partial charge in [-0.15, -0.1) is 0 Å². The van der Waals surface area contributed by atoms with E-state index in [2.05, 4.69) is 71.8 Å². The van der Waals surface area contributed by atoms with Crippen molar-refractivity contribution in [3.63, 3.8) is 0 Å². The molecule has 0 radical (unpaired) electrons. The van der Waals surface area contributed by atoms with Gasteiger partial charge in [-0.25, -0.2) is 9.36 Å². The van der Waals surface area contributed by atoms with E-state index in [0.717, 1.165) is 65.2 Å². The normalized spacial score (nSPS) is 21.8. The first-order valence-corrected chi connectivity index (χ1v) is 27.0. The predicted molar refractivity (Wildman–Crippen MR) is 294 cm³/mol. The summed E-state index contributed by atoms with van der Waals surface area (Å²) in [5.74, 6) is -10.3. The van der Waals surface area contributed by atoms with Crippen molar-refractivity contribution in [2.45, 2.75) is 114 Å². The first kappa shape index (κ1) is 54.1. The van der Waals surface area contributed by atoms with Crippen molar-refractivity contribution in [2.75, 3.05) is 23.0 Å². The molecule has 4 aliphatic rings. The zero-order chi connectivity index (χ0) is 54.7. The fraction of sp³-hybridized carbons (Fsp3) is 0.351. The number of amides is 4. The van der Waals surface area contributed by atoms with Crippen molar-refractivity contribution in [2.24, 2.45) is 0 Å². The number of H-pyrrole nitrogens is 1. The second kappa shape index (κ2) is 23.0. The van der Waals surface area contributed by atoms with E-state index in [-0.39, 0.29) is 37.1 Å². The van der Waals surface area contributed by atoms with Crippen molar-refractivity contribution < 1.29 is 46.2 Å². The number of hydrogen-bond acceptors (Lipinski definition) is 9. The fourth-order valence-corrected chi connectivity index (χ4v) is 11.1. The molecule has 21 heteroatoms. The molecular weight excluding hydrogens is 1120 g/mol.